The molecule has 0 aromatic heterocycles. The summed E-state index contributed by atoms with van der Waals surface area (Å²) in [6.45, 7) is 2.93. The SMILES string of the molecule is COCCOc1ccc(NC(C(=O)Nc2ccc(C)c(Cl)c2)c2ccccc2)cc1. The van der Waals surface area contributed by atoms with Gasteiger partial charge in [0.25, 0.3) is 5.91 Å². The Bertz CT molecular complexity index is 962. The van der Waals surface area contributed by atoms with Crippen LogP contribution in [0.25, 0.3) is 0 Å². The average molecular weight is 425 g/mol. The van der Waals surface area contributed by atoms with Crippen molar-refractivity contribution in [1.82, 2.24) is 0 Å². The number of hydrogen-bond donors (Lipinski definition) is 2. The first kappa shape index (κ1) is 21.7. The molecule has 1 unspecified atom stereocenters. The van der Waals surface area contributed by atoms with Crippen LogP contribution in [0.3, 0.4) is 0 Å². The molecule has 0 saturated carbocycles. The van der Waals surface area contributed by atoms with Gasteiger partial charge in [0.2, 0.25) is 0 Å². The second-order valence-corrected chi connectivity index (χ2v) is 7.21. The van der Waals surface area contributed by atoms with E-state index < -0.39 is 6.04 Å². The molecular weight excluding hydrogens is 400 g/mol. The molecule has 0 radical (unpaired) electrons. The maximum absolute atomic E-state index is 13.1. The first-order chi connectivity index (χ1) is 14.6. The van der Waals surface area contributed by atoms with Crippen LogP contribution in [0.5, 0.6) is 5.75 Å². The van der Waals surface area contributed by atoms with E-state index in [1.165, 1.54) is 0 Å². The zero-order chi connectivity index (χ0) is 21.3. The van der Waals surface area contributed by atoms with Crippen LogP contribution in [0.1, 0.15) is 17.2 Å². The van der Waals surface area contributed by atoms with Crippen LogP contribution in [0, 0.1) is 6.92 Å². The molecule has 156 valence electrons. The van der Waals surface area contributed by atoms with Crippen molar-refractivity contribution in [3.63, 3.8) is 0 Å². The second-order valence-electron chi connectivity index (χ2n) is 6.81. The zero-order valence-corrected chi connectivity index (χ0v) is 17.8. The predicted molar refractivity (Wildman–Crippen MR) is 121 cm³/mol. The van der Waals surface area contributed by atoms with Gasteiger partial charge < -0.3 is 20.1 Å². The standard InChI is InChI=1S/C24H25ClN2O3/c1-17-8-9-20(16-22(17)25)27-24(28)23(18-6-4-3-5-7-18)26-19-10-12-21(13-11-19)30-15-14-29-2/h3-13,16,23,26H,14-15H2,1-2H3,(H,27,28). The number of carbonyl (C=O) groups is 1. The summed E-state index contributed by atoms with van der Waals surface area (Å²) in [4.78, 5) is 13.1. The van der Waals surface area contributed by atoms with Crippen LogP contribution >= 0.6 is 11.6 Å². The van der Waals surface area contributed by atoms with Crippen molar-refractivity contribution < 1.29 is 14.3 Å². The number of halogens is 1. The molecule has 1 atom stereocenters. The highest BCUT2D eigenvalue weighted by Gasteiger charge is 2.21. The molecule has 3 aromatic rings. The molecule has 3 rings (SSSR count). The zero-order valence-electron chi connectivity index (χ0n) is 17.0. The van der Waals surface area contributed by atoms with Gasteiger partial charge in [-0.25, -0.2) is 0 Å². The second kappa shape index (κ2) is 10.7. The van der Waals surface area contributed by atoms with Gasteiger partial charge in [-0.05, 0) is 54.4 Å². The number of rotatable bonds is 9. The lowest BCUT2D eigenvalue weighted by molar-refractivity contribution is -0.117. The quantitative estimate of drug-likeness (QED) is 0.447. The number of aryl methyl sites for hydroxylation is 1. The van der Waals surface area contributed by atoms with Gasteiger partial charge in [0, 0.05) is 23.5 Å². The summed E-state index contributed by atoms with van der Waals surface area (Å²) in [6, 6.07) is 22.0. The van der Waals surface area contributed by atoms with Gasteiger partial charge in [-0.2, -0.15) is 0 Å². The van der Waals surface area contributed by atoms with E-state index in [1.807, 2.05) is 73.7 Å². The molecule has 3 aromatic carbocycles. The van der Waals surface area contributed by atoms with Crippen molar-refractivity contribution in [3.05, 3.63) is 88.9 Å². The van der Waals surface area contributed by atoms with E-state index in [0.717, 1.165) is 22.6 Å². The van der Waals surface area contributed by atoms with Gasteiger partial charge >= 0.3 is 0 Å². The van der Waals surface area contributed by atoms with Crippen LogP contribution in [-0.2, 0) is 9.53 Å². The fourth-order valence-electron chi connectivity index (χ4n) is 2.89. The highest BCUT2D eigenvalue weighted by Crippen LogP contribution is 2.25. The van der Waals surface area contributed by atoms with E-state index in [2.05, 4.69) is 10.6 Å². The van der Waals surface area contributed by atoms with Crippen molar-refractivity contribution in [2.24, 2.45) is 0 Å². The number of carbonyl (C=O) groups excluding carboxylic acids is 1. The summed E-state index contributed by atoms with van der Waals surface area (Å²) >= 11 is 6.20. The minimum atomic E-state index is -0.577. The monoisotopic (exact) mass is 424 g/mol. The molecule has 5 nitrogen and oxygen atoms in total. The van der Waals surface area contributed by atoms with Crippen LogP contribution in [0.4, 0.5) is 11.4 Å². The first-order valence-electron chi connectivity index (χ1n) is 9.67. The molecule has 30 heavy (non-hydrogen) atoms. The minimum Gasteiger partial charge on any atom is -0.491 e. The number of amides is 1. The van der Waals surface area contributed by atoms with E-state index in [4.69, 9.17) is 21.1 Å². The average Bonchev–Trinajstić information content (AvgIpc) is 2.76. The predicted octanol–water partition coefficient (Wildman–Crippen LogP) is 5.47. The summed E-state index contributed by atoms with van der Waals surface area (Å²) in [5.41, 5.74) is 3.27. The molecule has 1 amide bonds. The molecule has 0 saturated heterocycles. The summed E-state index contributed by atoms with van der Waals surface area (Å²) in [7, 11) is 1.63. The lowest BCUT2D eigenvalue weighted by atomic mass is 10.1. The van der Waals surface area contributed by atoms with Crippen LogP contribution < -0.4 is 15.4 Å². The normalized spacial score (nSPS) is 11.6. The topological polar surface area (TPSA) is 59.6 Å². The Morgan fingerprint density at radius 3 is 2.33 bits per heavy atom. The highest BCUT2D eigenvalue weighted by molar-refractivity contribution is 6.31. The first-order valence-corrected chi connectivity index (χ1v) is 10.0. The summed E-state index contributed by atoms with van der Waals surface area (Å²) < 4.78 is 10.6. The molecule has 0 bridgehead atoms. The van der Waals surface area contributed by atoms with Gasteiger partial charge in [0.15, 0.2) is 0 Å². The minimum absolute atomic E-state index is 0.179. The highest BCUT2D eigenvalue weighted by atomic mass is 35.5. The van der Waals surface area contributed by atoms with Gasteiger partial charge in [-0.3, -0.25) is 4.79 Å². The van der Waals surface area contributed by atoms with Gasteiger partial charge in [-0.1, -0.05) is 48.0 Å². The number of methoxy groups -OCH3 is 1. The van der Waals surface area contributed by atoms with E-state index in [9.17, 15) is 4.79 Å². The van der Waals surface area contributed by atoms with Crippen molar-refractivity contribution in [1.29, 1.82) is 0 Å². The fraction of sp³-hybridized carbons (Fsp3) is 0.208. The maximum Gasteiger partial charge on any atom is 0.251 e. The van der Waals surface area contributed by atoms with Crippen molar-refractivity contribution in [2.75, 3.05) is 31.0 Å². The Kier molecular flexibility index (Phi) is 7.71. The van der Waals surface area contributed by atoms with Gasteiger partial charge in [0.1, 0.15) is 18.4 Å². The Hall–Kier alpha value is -3.02. The summed E-state index contributed by atoms with van der Waals surface area (Å²) in [6.07, 6.45) is 0. The number of anilines is 2. The summed E-state index contributed by atoms with van der Waals surface area (Å²) in [5, 5.41) is 6.87. The third-order valence-corrected chi connectivity index (χ3v) is 4.96. The van der Waals surface area contributed by atoms with Gasteiger partial charge in [-0.15, -0.1) is 0 Å². The number of hydrogen-bond acceptors (Lipinski definition) is 4. The molecule has 0 spiro atoms. The molecule has 6 heteroatoms. The third-order valence-electron chi connectivity index (χ3n) is 4.56. The molecule has 0 heterocycles. The van der Waals surface area contributed by atoms with E-state index in [1.54, 1.807) is 13.2 Å². The van der Waals surface area contributed by atoms with E-state index in [-0.39, 0.29) is 5.91 Å². The molecule has 0 aliphatic carbocycles. The van der Waals surface area contributed by atoms with E-state index in [0.29, 0.717) is 23.9 Å². The third kappa shape index (κ3) is 5.99. The van der Waals surface area contributed by atoms with Crippen LogP contribution in [-0.4, -0.2) is 26.2 Å². The smallest absolute Gasteiger partial charge is 0.251 e. The Morgan fingerprint density at radius 1 is 0.967 bits per heavy atom. The van der Waals surface area contributed by atoms with E-state index >= 15 is 0 Å². The van der Waals surface area contributed by atoms with Crippen LogP contribution in [0.2, 0.25) is 5.02 Å². The number of ether oxygens (including phenoxy) is 2. The Labute approximate surface area is 182 Å². The van der Waals surface area contributed by atoms with Gasteiger partial charge in [0.05, 0.1) is 6.61 Å². The number of nitrogens with one attached hydrogen (secondary N) is 2. The van der Waals surface area contributed by atoms with Crippen molar-refractivity contribution in [3.8, 4) is 5.75 Å². The van der Waals surface area contributed by atoms with Crippen LogP contribution in [0.15, 0.2) is 72.8 Å². The molecule has 2 N–H and O–H groups in total. The Balaban J connectivity index is 1.76. The molecular formula is C24H25ClN2O3. The molecule has 0 fully saturated rings. The lowest BCUT2D eigenvalue weighted by Crippen LogP contribution is -2.27. The fourth-order valence-corrected chi connectivity index (χ4v) is 3.07. The van der Waals surface area contributed by atoms with Crippen molar-refractivity contribution in [2.45, 2.75) is 13.0 Å². The largest absolute Gasteiger partial charge is 0.491 e. The maximum atomic E-state index is 13.1. The summed E-state index contributed by atoms with van der Waals surface area (Å²) in [5.74, 6) is 0.564. The molecule has 0 aliphatic heterocycles. The molecule has 0 aliphatic rings. The number of benzene rings is 3. The lowest BCUT2D eigenvalue weighted by Gasteiger charge is -2.20. The van der Waals surface area contributed by atoms with Crippen molar-refractivity contribution >= 4 is 28.9 Å². The Morgan fingerprint density at radius 2 is 1.67 bits per heavy atom.